The Kier molecular flexibility index (Phi) is 2.92. The second-order valence-corrected chi connectivity index (χ2v) is 5.63. The molecule has 2 aromatic rings. The third-order valence-electron chi connectivity index (χ3n) is 4.50. The van der Waals surface area contributed by atoms with Gasteiger partial charge < -0.3 is 14.6 Å². The summed E-state index contributed by atoms with van der Waals surface area (Å²) in [5, 5.41) is 0. The van der Waals surface area contributed by atoms with E-state index in [9.17, 15) is 9.18 Å². The van der Waals surface area contributed by atoms with Gasteiger partial charge in [-0.1, -0.05) is 0 Å². The molecule has 110 valence electrons. The fourth-order valence-electron chi connectivity index (χ4n) is 3.51. The minimum absolute atomic E-state index is 0.0693. The predicted molar refractivity (Wildman–Crippen MR) is 74.5 cm³/mol. The summed E-state index contributed by atoms with van der Waals surface area (Å²) in [4.78, 5) is 21.6. The van der Waals surface area contributed by atoms with Gasteiger partial charge >= 0.3 is 0 Å². The molecule has 1 saturated carbocycles. The highest BCUT2D eigenvalue weighted by molar-refractivity contribution is 6.05. The van der Waals surface area contributed by atoms with Crippen LogP contribution in [0.15, 0.2) is 18.5 Å². The number of hydrogen-bond donors (Lipinski definition) is 1. The number of nitrogens with one attached hydrogen (secondary N) is 1. The smallest absolute Gasteiger partial charge is 0.259 e. The standard InChI is InChI=1S/C15H16FN3O2/c16-9-4-5-10-14(18-8-17-10)13(9)15(20)19-6-7-21-12-3-1-2-11(12)19/h4-5,8,11-12H,1-3,6-7H2,(H,17,18)/t11-,12+/m0/s1. The number of carbonyl (C=O) groups excluding carboxylic acids is 1. The largest absolute Gasteiger partial charge is 0.374 e. The zero-order valence-electron chi connectivity index (χ0n) is 11.5. The number of morpholine rings is 1. The van der Waals surface area contributed by atoms with Crippen molar-refractivity contribution >= 4 is 16.9 Å². The van der Waals surface area contributed by atoms with Crippen LogP contribution in [0.4, 0.5) is 4.39 Å². The molecule has 1 aliphatic carbocycles. The Hall–Kier alpha value is -1.95. The number of aromatic nitrogens is 2. The summed E-state index contributed by atoms with van der Waals surface area (Å²) in [5.41, 5.74) is 1.15. The summed E-state index contributed by atoms with van der Waals surface area (Å²) < 4.78 is 19.9. The fourth-order valence-corrected chi connectivity index (χ4v) is 3.51. The number of halogens is 1. The molecule has 0 spiro atoms. The van der Waals surface area contributed by atoms with E-state index < -0.39 is 5.82 Å². The molecule has 4 rings (SSSR count). The van der Waals surface area contributed by atoms with E-state index in [1.807, 2.05) is 0 Å². The Balaban J connectivity index is 1.76. The highest BCUT2D eigenvalue weighted by Crippen LogP contribution is 2.31. The SMILES string of the molecule is O=C(c1c(F)ccc2[nH]cnc12)N1CCO[C@@H]2CCC[C@@H]21. The monoisotopic (exact) mass is 289 g/mol. The molecule has 0 bridgehead atoms. The molecule has 21 heavy (non-hydrogen) atoms. The fraction of sp³-hybridized carbons (Fsp3) is 0.467. The van der Waals surface area contributed by atoms with Crippen molar-refractivity contribution in [3.05, 3.63) is 29.8 Å². The third kappa shape index (κ3) is 1.93. The van der Waals surface area contributed by atoms with Gasteiger partial charge in [-0.3, -0.25) is 4.79 Å². The molecule has 1 aromatic carbocycles. The van der Waals surface area contributed by atoms with Crippen LogP contribution in [0.25, 0.3) is 11.0 Å². The lowest BCUT2D eigenvalue weighted by molar-refractivity contribution is -0.0446. The van der Waals surface area contributed by atoms with E-state index in [2.05, 4.69) is 9.97 Å². The Bertz CT molecular complexity index is 699. The van der Waals surface area contributed by atoms with Gasteiger partial charge in [0.25, 0.3) is 5.91 Å². The first-order valence-corrected chi connectivity index (χ1v) is 7.30. The Morgan fingerprint density at radius 2 is 2.33 bits per heavy atom. The number of amides is 1. The lowest BCUT2D eigenvalue weighted by Crippen LogP contribution is -2.51. The first kappa shape index (κ1) is 12.8. The van der Waals surface area contributed by atoms with E-state index in [-0.39, 0.29) is 23.6 Å². The Labute approximate surface area is 121 Å². The number of nitrogens with zero attached hydrogens (tertiary/aromatic N) is 2. The topological polar surface area (TPSA) is 58.2 Å². The number of hydrogen-bond acceptors (Lipinski definition) is 3. The van der Waals surface area contributed by atoms with Crippen molar-refractivity contribution in [2.24, 2.45) is 0 Å². The van der Waals surface area contributed by atoms with Crippen molar-refractivity contribution in [2.75, 3.05) is 13.2 Å². The summed E-state index contributed by atoms with van der Waals surface area (Å²) in [5.74, 6) is -0.786. The van der Waals surface area contributed by atoms with Gasteiger partial charge in [0.2, 0.25) is 0 Å². The van der Waals surface area contributed by atoms with Crippen LogP contribution in [0.3, 0.4) is 0 Å². The van der Waals surface area contributed by atoms with Crippen molar-refractivity contribution in [2.45, 2.75) is 31.4 Å². The molecule has 1 saturated heterocycles. The molecule has 6 heteroatoms. The average Bonchev–Trinajstić information content (AvgIpc) is 3.14. The van der Waals surface area contributed by atoms with Crippen LogP contribution in [-0.4, -0.2) is 46.1 Å². The van der Waals surface area contributed by atoms with E-state index in [4.69, 9.17) is 4.74 Å². The summed E-state index contributed by atoms with van der Waals surface area (Å²) in [6, 6.07) is 2.99. The number of fused-ring (bicyclic) bond motifs is 2. The van der Waals surface area contributed by atoms with Crippen LogP contribution in [0.2, 0.25) is 0 Å². The number of rotatable bonds is 1. The highest BCUT2D eigenvalue weighted by atomic mass is 19.1. The molecule has 1 aromatic heterocycles. The molecule has 2 atom stereocenters. The van der Waals surface area contributed by atoms with Gasteiger partial charge in [0, 0.05) is 6.54 Å². The molecule has 1 aliphatic heterocycles. The summed E-state index contributed by atoms with van der Waals surface area (Å²) in [6.45, 7) is 1.03. The zero-order chi connectivity index (χ0) is 14.4. The average molecular weight is 289 g/mol. The quantitative estimate of drug-likeness (QED) is 0.874. The van der Waals surface area contributed by atoms with Gasteiger partial charge in [-0.2, -0.15) is 0 Å². The molecule has 5 nitrogen and oxygen atoms in total. The van der Waals surface area contributed by atoms with Crippen LogP contribution >= 0.6 is 0 Å². The third-order valence-corrected chi connectivity index (χ3v) is 4.50. The molecule has 2 heterocycles. The molecule has 1 amide bonds. The van der Waals surface area contributed by atoms with Crippen LogP contribution in [0.5, 0.6) is 0 Å². The van der Waals surface area contributed by atoms with Crippen LogP contribution in [0.1, 0.15) is 29.6 Å². The van der Waals surface area contributed by atoms with Gasteiger partial charge in [0.15, 0.2) is 0 Å². The number of carbonyl (C=O) groups is 1. The minimum Gasteiger partial charge on any atom is -0.374 e. The van der Waals surface area contributed by atoms with Gasteiger partial charge in [-0.25, -0.2) is 9.37 Å². The zero-order valence-corrected chi connectivity index (χ0v) is 11.5. The van der Waals surface area contributed by atoms with Crippen molar-refractivity contribution in [3.8, 4) is 0 Å². The molecule has 2 aliphatic rings. The van der Waals surface area contributed by atoms with Crippen molar-refractivity contribution in [1.29, 1.82) is 0 Å². The lowest BCUT2D eigenvalue weighted by atomic mass is 10.1. The molecular formula is C15H16FN3O2. The molecule has 1 N–H and O–H groups in total. The Morgan fingerprint density at radius 3 is 3.24 bits per heavy atom. The van der Waals surface area contributed by atoms with Crippen LogP contribution in [-0.2, 0) is 4.74 Å². The van der Waals surface area contributed by atoms with Gasteiger partial charge in [-0.05, 0) is 31.4 Å². The number of imidazole rings is 1. The number of aromatic amines is 1. The minimum atomic E-state index is -0.513. The summed E-state index contributed by atoms with van der Waals surface area (Å²) in [6.07, 6.45) is 4.54. The lowest BCUT2D eigenvalue weighted by Gasteiger charge is -2.37. The maximum absolute atomic E-state index is 14.2. The molecular weight excluding hydrogens is 273 g/mol. The predicted octanol–water partition coefficient (Wildman–Crippen LogP) is 2.10. The second kappa shape index (κ2) is 4.80. The van der Waals surface area contributed by atoms with Gasteiger partial charge in [0.1, 0.15) is 16.9 Å². The van der Waals surface area contributed by atoms with Gasteiger partial charge in [0.05, 0.1) is 30.6 Å². The van der Waals surface area contributed by atoms with Crippen molar-refractivity contribution in [1.82, 2.24) is 14.9 Å². The maximum Gasteiger partial charge on any atom is 0.259 e. The van der Waals surface area contributed by atoms with E-state index >= 15 is 0 Å². The normalized spacial score (nSPS) is 25.3. The number of benzene rings is 1. The van der Waals surface area contributed by atoms with Crippen LogP contribution in [0, 0.1) is 5.82 Å². The molecule has 0 unspecified atom stereocenters. The second-order valence-electron chi connectivity index (χ2n) is 5.63. The number of H-pyrrole nitrogens is 1. The van der Waals surface area contributed by atoms with Crippen molar-refractivity contribution in [3.63, 3.8) is 0 Å². The first-order chi connectivity index (χ1) is 10.3. The molecule has 0 radical (unpaired) electrons. The highest BCUT2D eigenvalue weighted by Gasteiger charge is 2.39. The van der Waals surface area contributed by atoms with E-state index in [1.165, 1.54) is 12.4 Å². The summed E-state index contributed by atoms with van der Waals surface area (Å²) in [7, 11) is 0. The van der Waals surface area contributed by atoms with Crippen molar-refractivity contribution < 1.29 is 13.9 Å². The Morgan fingerprint density at radius 1 is 1.43 bits per heavy atom. The van der Waals surface area contributed by atoms with Gasteiger partial charge in [-0.15, -0.1) is 0 Å². The molecule has 2 fully saturated rings. The summed E-state index contributed by atoms with van der Waals surface area (Å²) >= 11 is 0. The van der Waals surface area contributed by atoms with Crippen LogP contribution < -0.4 is 0 Å². The first-order valence-electron chi connectivity index (χ1n) is 7.30. The van der Waals surface area contributed by atoms with E-state index in [0.717, 1.165) is 19.3 Å². The van der Waals surface area contributed by atoms with E-state index in [1.54, 1.807) is 11.0 Å². The number of ether oxygens (including phenoxy) is 1. The van der Waals surface area contributed by atoms with E-state index in [0.29, 0.717) is 24.2 Å². The maximum atomic E-state index is 14.2.